The van der Waals surface area contributed by atoms with Crippen molar-refractivity contribution in [3.05, 3.63) is 61.1 Å². The van der Waals surface area contributed by atoms with Gasteiger partial charge in [-0.05, 0) is 29.8 Å². The summed E-state index contributed by atoms with van der Waals surface area (Å²) in [6.45, 7) is 0.446. The standard InChI is InChI=1S/C21H19ClN4O2/c1-27-16-6-2-4-14(10-16)18-12-26(21-19(18)20(23)24-13-25-21)15-5-3-7-17(11-15)28-9-8-22/h2-7,10-13H,8-9H2,1H3,(H2,23,24,25). The first-order valence-electron chi connectivity index (χ1n) is 8.76. The molecule has 0 atom stereocenters. The van der Waals surface area contributed by atoms with Crippen molar-refractivity contribution in [1.29, 1.82) is 0 Å². The van der Waals surface area contributed by atoms with Gasteiger partial charge in [-0.1, -0.05) is 18.2 Å². The van der Waals surface area contributed by atoms with E-state index in [1.165, 1.54) is 6.33 Å². The van der Waals surface area contributed by atoms with Crippen molar-refractivity contribution in [2.24, 2.45) is 0 Å². The highest BCUT2D eigenvalue weighted by molar-refractivity contribution is 6.18. The molecule has 2 heterocycles. The fraction of sp³-hybridized carbons (Fsp3) is 0.143. The summed E-state index contributed by atoms with van der Waals surface area (Å²) in [6.07, 6.45) is 3.47. The van der Waals surface area contributed by atoms with Crippen molar-refractivity contribution >= 4 is 28.5 Å². The SMILES string of the molecule is COc1cccc(-c2cn(-c3cccc(OCCCl)c3)c3ncnc(N)c23)c1. The number of fused-ring (bicyclic) bond motifs is 1. The Kier molecular flexibility index (Phi) is 5.04. The molecule has 2 aromatic carbocycles. The molecule has 0 amide bonds. The van der Waals surface area contributed by atoms with Gasteiger partial charge in [-0.3, -0.25) is 0 Å². The third-order valence-corrected chi connectivity index (χ3v) is 4.59. The third-order valence-electron chi connectivity index (χ3n) is 4.43. The summed E-state index contributed by atoms with van der Waals surface area (Å²) in [5.74, 6) is 2.37. The third kappa shape index (κ3) is 3.34. The predicted octanol–water partition coefficient (Wildman–Crippen LogP) is 4.30. The van der Waals surface area contributed by atoms with E-state index in [2.05, 4.69) is 9.97 Å². The molecule has 0 saturated carbocycles. The number of hydrogen-bond acceptors (Lipinski definition) is 5. The number of nitrogens with zero attached hydrogens (tertiary/aromatic N) is 3. The second-order valence-electron chi connectivity index (χ2n) is 6.14. The molecule has 142 valence electrons. The van der Waals surface area contributed by atoms with E-state index in [1.807, 2.05) is 59.3 Å². The lowest BCUT2D eigenvalue weighted by molar-refractivity contribution is 0.342. The maximum Gasteiger partial charge on any atom is 0.150 e. The van der Waals surface area contributed by atoms with Crippen LogP contribution < -0.4 is 15.2 Å². The van der Waals surface area contributed by atoms with Crippen LogP contribution in [0.5, 0.6) is 11.5 Å². The fourth-order valence-electron chi connectivity index (χ4n) is 3.17. The minimum atomic E-state index is 0.427. The number of aromatic nitrogens is 3. The van der Waals surface area contributed by atoms with E-state index in [4.69, 9.17) is 26.8 Å². The lowest BCUT2D eigenvalue weighted by Gasteiger charge is -2.08. The van der Waals surface area contributed by atoms with Crippen LogP contribution >= 0.6 is 11.6 Å². The summed E-state index contributed by atoms with van der Waals surface area (Å²) in [5, 5.41) is 0.794. The number of rotatable bonds is 6. The van der Waals surface area contributed by atoms with E-state index in [0.717, 1.165) is 39.3 Å². The summed E-state index contributed by atoms with van der Waals surface area (Å²) in [4.78, 5) is 8.66. The Morgan fingerprint density at radius 3 is 2.71 bits per heavy atom. The zero-order chi connectivity index (χ0) is 19.5. The molecule has 0 aliphatic carbocycles. The molecule has 6 nitrogen and oxygen atoms in total. The summed E-state index contributed by atoms with van der Waals surface area (Å²) in [6, 6.07) is 15.6. The summed E-state index contributed by atoms with van der Waals surface area (Å²) in [5.41, 5.74) is 9.75. The normalized spacial score (nSPS) is 10.9. The molecule has 0 unspecified atom stereocenters. The number of nitrogen functional groups attached to an aromatic ring is 1. The Balaban J connectivity index is 1.90. The molecule has 4 rings (SSSR count). The Morgan fingerprint density at radius 2 is 1.89 bits per heavy atom. The van der Waals surface area contributed by atoms with E-state index < -0.39 is 0 Å². The Hall–Kier alpha value is -3.25. The van der Waals surface area contributed by atoms with Gasteiger partial charge in [0.25, 0.3) is 0 Å². The van der Waals surface area contributed by atoms with E-state index in [-0.39, 0.29) is 0 Å². The largest absolute Gasteiger partial charge is 0.497 e. The highest BCUT2D eigenvalue weighted by atomic mass is 35.5. The van der Waals surface area contributed by atoms with Gasteiger partial charge in [0, 0.05) is 17.8 Å². The second-order valence-corrected chi connectivity index (χ2v) is 6.52. The number of alkyl halides is 1. The van der Waals surface area contributed by atoms with Crippen molar-refractivity contribution in [3.63, 3.8) is 0 Å². The zero-order valence-corrected chi connectivity index (χ0v) is 16.1. The van der Waals surface area contributed by atoms with Gasteiger partial charge in [0.15, 0.2) is 5.65 Å². The highest BCUT2D eigenvalue weighted by Crippen LogP contribution is 2.35. The molecule has 0 saturated heterocycles. The van der Waals surface area contributed by atoms with Gasteiger partial charge >= 0.3 is 0 Å². The predicted molar refractivity (Wildman–Crippen MR) is 111 cm³/mol. The smallest absolute Gasteiger partial charge is 0.150 e. The summed E-state index contributed by atoms with van der Waals surface area (Å²) >= 11 is 5.73. The topological polar surface area (TPSA) is 75.2 Å². The van der Waals surface area contributed by atoms with E-state index in [9.17, 15) is 0 Å². The van der Waals surface area contributed by atoms with Gasteiger partial charge in [0.05, 0.1) is 24.1 Å². The maximum atomic E-state index is 6.22. The van der Waals surface area contributed by atoms with E-state index >= 15 is 0 Å². The molecule has 0 fully saturated rings. The van der Waals surface area contributed by atoms with E-state index in [0.29, 0.717) is 18.3 Å². The molecule has 28 heavy (non-hydrogen) atoms. The van der Waals surface area contributed by atoms with E-state index in [1.54, 1.807) is 7.11 Å². The second kappa shape index (κ2) is 7.78. The molecular formula is C21H19ClN4O2. The zero-order valence-electron chi connectivity index (χ0n) is 15.3. The van der Waals surface area contributed by atoms with Crippen LogP contribution in [-0.2, 0) is 0 Å². The maximum absolute atomic E-state index is 6.22. The lowest BCUT2D eigenvalue weighted by Crippen LogP contribution is -2.00. The van der Waals surface area contributed by atoms with Crippen molar-refractivity contribution in [2.75, 3.05) is 25.3 Å². The van der Waals surface area contributed by atoms with Gasteiger partial charge in [-0.15, -0.1) is 11.6 Å². The van der Waals surface area contributed by atoms with Gasteiger partial charge in [-0.2, -0.15) is 0 Å². The van der Waals surface area contributed by atoms with Crippen molar-refractivity contribution in [3.8, 4) is 28.3 Å². The van der Waals surface area contributed by atoms with Crippen LogP contribution in [-0.4, -0.2) is 34.1 Å². The van der Waals surface area contributed by atoms with Gasteiger partial charge < -0.3 is 19.8 Å². The number of nitrogens with two attached hydrogens (primary N) is 1. The first kappa shape index (κ1) is 18.1. The van der Waals surface area contributed by atoms with Crippen molar-refractivity contribution < 1.29 is 9.47 Å². The van der Waals surface area contributed by atoms with Gasteiger partial charge in [-0.25, -0.2) is 9.97 Å². The molecule has 0 radical (unpaired) electrons. The van der Waals surface area contributed by atoms with Crippen LogP contribution in [0.25, 0.3) is 27.8 Å². The van der Waals surface area contributed by atoms with Crippen LogP contribution in [0.2, 0.25) is 0 Å². The van der Waals surface area contributed by atoms with Crippen molar-refractivity contribution in [1.82, 2.24) is 14.5 Å². The van der Waals surface area contributed by atoms with Gasteiger partial charge in [0.1, 0.15) is 30.3 Å². The highest BCUT2D eigenvalue weighted by Gasteiger charge is 2.16. The molecule has 4 aromatic rings. The average molecular weight is 395 g/mol. The molecule has 0 aliphatic heterocycles. The minimum Gasteiger partial charge on any atom is -0.497 e. The lowest BCUT2D eigenvalue weighted by atomic mass is 10.1. The van der Waals surface area contributed by atoms with Crippen LogP contribution in [0.4, 0.5) is 5.82 Å². The number of halogens is 1. The van der Waals surface area contributed by atoms with Crippen molar-refractivity contribution in [2.45, 2.75) is 0 Å². The molecule has 0 aliphatic rings. The molecule has 0 spiro atoms. The summed E-state index contributed by atoms with van der Waals surface area (Å²) < 4.78 is 13.0. The Labute approximate surface area is 167 Å². The first-order chi connectivity index (χ1) is 13.7. The number of hydrogen-bond donors (Lipinski definition) is 1. The fourth-order valence-corrected chi connectivity index (χ4v) is 3.25. The molecule has 2 N–H and O–H groups in total. The minimum absolute atomic E-state index is 0.427. The molecule has 7 heteroatoms. The van der Waals surface area contributed by atoms with Crippen LogP contribution in [0.3, 0.4) is 0 Å². The molecular weight excluding hydrogens is 376 g/mol. The number of methoxy groups -OCH3 is 1. The van der Waals surface area contributed by atoms with Crippen LogP contribution in [0.1, 0.15) is 0 Å². The summed E-state index contributed by atoms with van der Waals surface area (Å²) in [7, 11) is 1.65. The monoisotopic (exact) mass is 394 g/mol. The number of anilines is 1. The number of ether oxygens (including phenoxy) is 2. The number of benzene rings is 2. The molecule has 0 bridgehead atoms. The Morgan fingerprint density at radius 1 is 1.07 bits per heavy atom. The van der Waals surface area contributed by atoms with Crippen LogP contribution in [0.15, 0.2) is 61.1 Å². The quantitative estimate of drug-likeness (QED) is 0.493. The first-order valence-corrected chi connectivity index (χ1v) is 9.30. The average Bonchev–Trinajstić information content (AvgIpc) is 3.13. The van der Waals surface area contributed by atoms with Crippen LogP contribution in [0, 0.1) is 0 Å². The van der Waals surface area contributed by atoms with Gasteiger partial charge in [0.2, 0.25) is 0 Å². The molecule has 2 aromatic heterocycles. The Bertz CT molecular complexity index is 1130.